The van der Waals surface area contributed by atoms with Crippen molar-refractivity contribution in [3.8, 4) is 11.8 Å². The normalized spacial score (nSPS) is 12.3. The lowest BCUT2D eigenvalue weighted by atomic mass is 10.1. The van der Waals surface area contributed by atoms with E-state index in [0.717, 1.165) is 0 Å². The molecule has 1 unspecified atom stereocenters. The third-order valence-corrected chi connectivity index (χ3v) is 5.43. The number of amides is 1. The number of carbonyl (C=O) groups excluding carboxylic acids is 1. The zero-order chi connectivity index (χ0) is 21.4. The quantitative estimate of drug-likeness (QED) is 0.372. The van der Waals surface area contributed by atoms with Crippen molar-refractivity contribution in [2.75, 3.05) is 23.5 Å². The summed E-state index contributed by atoms with van der Waals surface area (Å²) in [6.07, 6.45) is 3.39. The summed E-state index contributed by atoms with van der Waals surface area (Å²) in [5.41, 5.74) is 13.3. The van der Waals surface area contributed by atoms with Gasteiger partial charge in [0.05, 0.1) is 20.9 Å². The Morgan fingerprint density at radius 1 is 1.21 bits per heavy atom. The number of unbranched alkanes of at least 4 members (excludes halogenated alkanes) is 1. The topological polar surface area (TPSA) is 149 Å². The number of hydrogen-bond donors (Lipinski definition) is 3. The minimum absolute atomic E-state index is 0.0135. The van der Waals surface area contributed by atoms with E-state index < -0.39 is 21.6 Å². The summed E-state index contributed by atoms with van der Waals surface area (Å²) in [6.45, 7) is 0. The number of carboxylic acid groups (broad SMARTS) is 1. The van der Waals surface area contributed by atoms with E-state index in [-0.39, 0.29) is 23.6 Å². The molecule has 1 aromatic heterocycles. The molecule has 29 heavy (non-hydrogen) atoms. The van der Waals surface area contributed by atoms with Crippen LogP contribution in [-0.4, -0.2) is 38.2 Å². The van der Waals surface area contributed by atoms with Crippen LogP contribution in [0.2, 0.25) is 0 Å². The van der Waals surface area contributed by atoms with Crippen LogP contribution in [0.4, 0.5) is 11.5 Å². The van der Waals surface area contributed by atoms with Gasteiger partial charge >= 0.3 is 5.97 Å². The molecule has 1 atom stereocenters. The zero-order valence-corrected chi connectivity index (χ0v) is 16.7. The standard InChI is InChI=1S/C20H22N4O4S/c1-29(28,10-3-2-7-18(25)26)24-20(27)16-12-15(19(22)23-13-16)9-8-14-5-4-6-17(21)11-14/h4-6,11-13H,2-3,7,10,21H2,1H3,(H2,22,23)(H,25,26). The second-order valence-corrected chi connectivity index (χ2v) is 8.95. The van der Waals surface area contributed by atoms with Gasteiger partial charge in [0.25, 0.3) is 5.91 Å². The Balaban J connectivity index is 2.19. The molecular weight excluding hydrogens is 392 g/mol. The van der Waals surface area contributed by atoms with E-state index in [9.17, 15) is 13.8 Å². The first-order valence-corrected chi connectivity index (χ1v) is 10.8. The highest BCUT2D eigenvalue weighted by atomic mass is 32.2. The molecule has 8 nitrogen and oxygen atoms in total. The molecule has 1 heterocycles. The van der Waals surface area contributed by atoms with Crippen molar-refractivity contribution in [3.05, 3.63) is 53.2 Å². The number of benzene rings is 1. The van der Waals surface area contributed by atoms with Crippen LogP contribution in [0, 0.1) is 11.8 Å². The smallest absolute Gasteiger partial charge is 0.303 e. The largest absolute Gasteiger partial charge is 0.481 e. The SMILES string of the molecule is CS(=O)(CCCCC(=O)O)=NC(=O)c1cnc(N)c(C#Cc2cccc(N)c2)c1. The van der Waals surface area contributed by atoms with Crippen molar-refractivity contribution in [1.29, 1.82) is 0 Å². The number of carbonyl (C=O) groups is 2. The van der Waals surface area contributed by atoms with Crippen molar-refractivity contribution in [1.82, 2.24) is 4.98 Å². The molecule has 1 amide bonds. The number of hydrogen-bond acceptors (Lipinski definition) is 6. The van der Waals surface area contributed by atoms with Gasteiger partial charge in [-0.05, 0) is 37.1 Å². The third kappa shape index (κ3) is 7.27. The molecule has 0 spiro atoms. The van der Waals surface area contributed by atoms with Crippen LogP contribution in [-0.2, 0) is 14.5 Å². The van der Waals surface area contributed by atoms with Gasteiger partial charge < -0.3 is 16.6 Å². The molecule has 2 rings (SSSR count). The average molecular weight is 414 g/mol. The first-order chi connectivity index (χ1) is 13.7. The average Bonchev–Trinajstić information content (AvgIpc) is 2.64. The first kappa shape index (κ1) is 21.9. The molecule has 0 fully saturated rings. The predicted octanol–water partition coefficient (Wildman–Crippen LogP) is 2.14. The fourth-order valence-electron chi connectivity index (χ4n) is 2.37. The molecule has 5 N–H and O–H groups in total. The van der Waals surface area contributed by atoms with Gasteiger partial charge in [-0.2, -0.15) is 4.36 Å². The number of carboxylic acids is 1. The van der Waals surface area contributed by atoms with Crippen LogP contribution in [0.15, 0.2) is 40.9 Å². The first-order valence-electron chi connectivity index (χ1n) is 8.75. The highest BCUT2D eigenvalue weighted by Crippen LogP contribution is 2.13. The molecule has 0 saturated heterocycles. The van der Waals surface area contributed by atoms with Crippen LogP contribution in [0.25, 0.3) is 0 Å². The zero-order valence-electron chi connectivity index (χ0n) is 15.9. The van der Waals surface area contributed by atoms with Crippen LogP contribution >= 0.6 is 0 Å². The number of nitrogens with zero attached hydrogens (tertiary/aromatic N) is 2. The lowest BCUT2D eigenvalue weighted by Gasteiger charge is -2.04. The van der Waals surface area contributed by atoms with E-state index >= 15 is 0 Å². The van der Waals surface area contributed by atoms with Crippen molar-refractivity contribution >= 4 is 33.1 Å². The Hall–Kier alpha value is -3.38. The lowest BCUT2D eigenvalue weighted by molar-refractivity contribution is -0.137. The molecular formula is C20H22N4O4S. The maximum Gasteiger partial charge on any atom is 0.303 e. The van der Waals surface area contributed by atoms with Crippen molar-refractivity contribution in [2.45, 2.75) is 19.3 Å². The number of pyridine rings is 1. The highest BCUT2D eigenvalue weighted by Gasteiger charge is 2.12. The summed E-state index contributed by atoms with van der Waals surface area (Å²) in [4.78, 5) is 26.9. The van der Waals surface area contributed by atoms with Crippen LogP contribution < -0.4 is 11.5 Å². The summed E-state index contributed by atoms with van der Waals surface area (Å²) < 4.78 is 16.3. The van der Waals surface area contributed by atoms with Gasteiger partial charge in [-0.25, -0.2) is 9.19 Å². The van der Waals surface area contributed by atoms with Gasteiger partial charge in [0.1, 0.15) is 5.82 Å². The molecule has 0 aliphatic heterocycles. The van der Waals surface area contributed by atoms with E-state index in [2.05, 4.69) is 21.2 Å². The third-order valence-electron chi connectivity index (χ3n) is 3.83. The van der Waals surface area contributed by atoms with Gasteiger partial charge in [0, 0.05) is 35.9 Å². The second-order valence-electron chi connectivity index (χ2n) is 6.44. The number of nitrogens with two attached hydrogens (primary N) is 2. The maximum absolute atomic E-state index is 12.5. The Bertz CT molecular complexity index is 1110. The van der Waals surface area contributed by atoms with E-state index in [1.54, 1.807) is 24.3 Å². The molecule has 9 heteroatoms. The van der Waals surface area contributed by atoms with E-state index in [0.29, 0.717) is 29.7 Å². The van der Waals surface area contributed by atoms with Gasteiger partial charge in [-0.15, -0.1) is 0 Å². The Kier molecular flexibility index (Phi) is 7.33. The van der Waals surface area contributed by atoms with Gasteiger partial charge in [-0.3, -0.25) is 9.59 Å². The monoisotopic (exact) mass is 414 g/mol. The highest BCUT2D eigenvalue weighted by molar-refractivity contribution is 7.93. The maximum atomic E-state index is 12.5. The number of rotatable bonds is 6. The van der Waals surface area contributed by atoms with E-state index in [1.807, 2.05) is 0 Å². The summed E-state index contributed by atoms with van der Waals surface area (Å²) in [7, 11) is -2.79. The van der Waals surface area contributed by atoms with E-state index in [1.165, 1.54) is 18.5 Å². The fourth-order valence-corrected chi connectivity index (χ4v) is 3.66. The molecule has 0 aliphatic carbocycles. The minimum Gasteiger partial charge on any atom is -0.481 e. The molecule has 2 aromatic rings. The summed E-state index contributed by atoms with van der Waals surface area (Å²) >= 11 is 0. The van der Waals surface area contributed by atoms with E-state index in [4.69, 9.17) is 16.6 Å². The molecule has 0 radical (unpaired) electrons. The lowest BCUT2D eigenvalue weighted by Crippen LogP contribution is -2.09. The summed E-state index contributed by atoms with van der Waals surface area (Å²) in [6, 6.07) is 8.46. The number of aromatic nitrogens is 1. The summed E-state index contributed by atoms with van der Waals surface area (Å²) in [5, 5.41) is 8.63. The molecule has 0 aliphatic rings. The second kappa shape index (κ2) is 9.71. The molecule has 0 bridgehead atoms. The van der Waals surface area contributed by atoms with Crippen LogP contribution in [0.1, 0.15) is 40.7 Å². The Morgan fingerprint density at radius 3 is 2.66 bits per heavy atom. The van der Waals surface area contributed by atoms with Crippen LogP contribution in [0.5, 0.6) is 0 Å². The van der Waals surface area contributed by atoms with Crippen LogP contribution in [0.3, 0.4) is 0 Å². The molecule has 1 aromatic carbocycles. The minimum atomic E-state index is -2.79. The molecule has 0 saturated carbocycles. The Morgan fingerprint density at radius 2 is 1.97 bits per heavy atom. The fraction of sp³-hybridized carbons (Fsp3) is 0.250. The number of anilines is 2. The molecule has 152 valence electrons. The number of nitrogen functional groups attached to an aromatic ring is 2. The van der Waals surface area contributed by atoms with Gasteiger partial charge in [-0.1, -0.05) is 17.9 Å². The predicted molar refractivity (Wildman–Crippen MR) is 113 cm³/mol. The van der Waals surface area contributed by atoms with Crippen molar-refractivity contribution in [3.63, 3.8) is 0 Å². The van der Waals surface area contributed by atoms with Gasteiger partial charge in [0.15, 0.2) is 0 Å². The van der Waals surface area contributed by atoms with Crippen molar-refractivity contribution in [2.24, 2.45) is 4.36 Å². The van der Waals surface area contributed by atoms with Crippen molar-refractivity contribution < 1.29 is 18.9 Å². The number of aliphatic carboxylic acids is 1. The summed E-state index contributed by atoms with van der Waals surface area (Å²) in [5.74, 6) is 4.45. The Labute approximate surface area is 169 Å². The van der Waals surface area contributed by atoms with Gasteiger partial charge in [0.2, 0.25) is 0 Å².